The Hall–Kier alpha value is -3.11. The van der Waals surface area contributed by atoms with E-state index in [1.165, 1.54) is 11.3 Å². The van der Waals surface area contributed by atoms with Crippen molar-refractivity contribution in [2.75, 3.05) is 23.3 Å². The lowest BCUT2D eigenvalue weighted by Gasteiger charge is -2.16. The van der Waals surface area contributed by atoms with E-state index in [1.54, 1.807) is 23.1 Å². The van der Waals surface area contributed by atoms with Crippen molar-refractivity contribution in [2.45, 2.75) is 19.8 Å². The van der Waals surface area contributed by atoms with Gasteiger partial charge in [-0.1, -0.05) is 51.0 Å². The molecule has 0 bridgehead atoms. The van der Waals surface area contributed by atoms with Crippen molar-refractivity contribution >= 4 is 55.8 Å². The predicted molar refractivity (Wildman–Crippen MR) is 130 cm³/mol. The van der Waals surface area contributed by atoms with E-state index in [4.69, 9.17) is 0 Å². The third-order valence-electron chi connectivity index (χ3n) is 5.25. The quantitative estimate of drug-likeness (QED) is 0.488. The van der Waals surface area contributed by atoms with E-state index in [-0.39, 0.29) is 24.1 Å². The molecular formula is C23H22BrN5O3S. The summed E-state index contributed by atoms with van der Waals surface area (Å²) in [7, 11) is 0. The van der Waals surface area contributed by atoms with Gasteiger partial charge in [0.1, 0.15) is 5.01 Å². The van der Waals surface area contributed by atoms with Gasteiger partial charge in [-0.05, 0) is 37.3 Å². The Morgan fingerprint density at radius 1 is 1.18 bits per heavy atom. The third kappa shape index (κ3) is 5.82. The molecule has 1 unspecified atom stereocenters. The molecule has 1 aliphatic rings. The highest BCUT2D eigenvalue weighted by atomic mass is 79.9. The van der Waals surface area contributed by atoms with Crippen molar-refractivity contribution in [3.63, 3.8) is 0 Å². The summed E-state index contributed by atoms with van der Waals surface area (Å²) in [5, 5.41) is 14.8. The largest absolute Gasteiger partial charge is 0.352 e. The van der Waals surface area contributed by atoms with Crippen molar-refractivity contribution in [2.24, 2.45) is 5.92 Å². The standard InChI is InChI=1S/C23H22BrN5O3S/c1-14-5-7-18(8-6-14)29-13-16(12-20(29)30)22(32)26-23-28-27-19(33-23)9-10-25-21(31)15-3-2-4-17(24)11-15/h2-8,11,16H,9-10,12-13H2,1H3,(H,25,31)(H,26,28,32). The van der Waals surface area contributed by atoms with Crippen LogP contribution in [0.4, 0.5) is 10.8 Å². The van der Waals surface area contributed by atoms with Gasteiger partial charge >= 0.3 is 0 Å². The fourth-order valence-corrected chi connectivity index (χ4v) is 4.63. The number of halogens is 1. The molecule has 3 amide bonds. The van der Waals surface area contributed by atoms with Gasteiger partial charge in [0.2, 0.25) is 16.9 Å². The topological polar surface area (TPSA) is 104 Å². The molecular weight excluding hydrogens is 506 g/mol. The Bertz CT molecular complexity index is 1180. The second kappa shape index (κ2) is 10.2. The van der Waals surface area contributed by atoms with Crippen LogP contribution in [0, 0.1) is 12.8 Å². The number of nitrogens with one attached hydrogen (secondary N) is 2. The maximum Gasteiger partial charge on any atom is 0.251 e. The van der Waals surface area contributed by atoms with E-state index in [0.717, 1.165) is 15.7 Å². The maximum absolute atomic E-state index is 12.7. The average Bonchev–Trinajstić information content (AvgIpc) is 3.40. The van der Waals surface area contributed by atoms with E-state index < -0.39 is 5.92 Å². The highest BCUT2D eigenvalue weighted by Crippen LogP contribution is 2.27. The number of aromatic nitrogens is 2. The van der Waals surface area contributed by atoms with Crippen molar-refractivity contribution in [1.29, 1.82) is 0 Å². The fourth-order valence-electron chi connectivity index (χ4n) is 3.48. The molecule has 10 heteroatoms. The molecule has 1 aromatic heterocycles. The summed E-state index contributed by atoms with van der Waals surface area (Å²) < 4.78 is 0.839. The number of carbonyl (C=O) groups excluding carboxylic acids is 3. The summed E-state index contributed by atoms with van der Waals surface area (Å²) in [6, 6.07) is 14.8. The van der Waals surface area contributed by atoms with Crippen molar-refractivity contribution in [3.05, 3.63) is 69.1 Å². The molecule has 2 N–H and O–H groups in total. The van der Waals surface area contributed by atoms with Gasteiger partial charge in [0.05, 0.1) is 5.92 Å². The van der Waals surface area contributed by atoms with E-state index in [2.05, 4.69) is 36.8 Å². The highest BCUT2D eigenvalue weighted by Gasteiger charge is 2.35. The molecule has 170 valence electrons. The average molecular weight is 528 g/mol. The first kappa shape index (κ1) is 23.1. The molecule has 2 heterocycles. The van der Waals surface area contributed by atoms with Gasteiger partial charge in [-0.3, -0.25) is 14.4 Å². The molecule has 2 aromatic carbocycles. The highest BCUT2D eigenvalue weighted by molar-refractivity contribution is 9.10. The summed E-state index contributed by atoms with van der Waals surface area (Å²) in [6.07, 6.45) is 0.656. The molecule has 0 aliphatic carbocycles. The lowest BCUT2D eigenvalue weighted by atomic mass is 10.1. The van der Waals surface area contributed by atoms with Crippen LogP contribution in [0.25, 0.3) is 0 Å². The molecule has 0 saturated carbocycles. The second-order valence-electron chi connectivity index (χ2n) is 7.75. The van der Waals surface area contributed by atoms with Crippen LogP contribution < -0.4 is 15.5 Å². The minimum atomic E-state index is -0.448. The molecule has 0 radical (unpaired) electrons. The SMILES string of the molecule is Cc1ccc(N2CC(C(=O)Nc3nnc(CCNC(=O)c4cccc(Br)c4)s3)CC2=O)cc1. The van der Waals surface area contributed by atoms with E-state index in [0.29, 0.717) is 35.2 Å². The van der Waals surface area contributed by atoms with Crippen LogP contribution in [0.2, 0.25) is 0 Å². The number of anilines is 2. The molecule has 8 nitrogen and oxygen atoms in total. The number of nitrogens with zero attached hydrogens (tertiary/aromatic N) is 3. The first-order chi connectivity index (χ1) is 15.9. The van der Waals surface area contributed by atoms with Crippen LogP contribution in [-0.2, 0) is 16.0 Å². The van der Waals surface area contributed by atoms with Crippen molar-refractivity contribution < 1.29 is 14.4 Å². The zero-order chi connectivity index (χ0) is 23.4. The lowest BCUT2D eigenvalue weighted by Crippen LogP contribution is -2.28. The Morgan fingerprint density at radius 3 is 2.73 bits per heavy atom. The number of amides is 3. The van der Waals surface area contributed by atoms with Crippen LogP contribution in [-0.4, -0.2) is 41.0 Å². The summed E-state index contributed by atoms with van der Waals surface area (Å²) >= 11 is 4.61. The van der Waals surface area contributed by atoms with Gasteiger partial charge < -0.3 is 15.5 Å². The molecule has 0 spiro atoms. The van der Waals surface area contributed by atoms with Crippen LogP contribution in [0.3, 0.4) is 0 Å². The van der Waals surface area contributed by atoms with Crippen molar-refractivity contribution in [1.82, 2.24) is 15.5 Å². The van der Waals surface area contributed by atoms with E-state index in [1.807, 2.05) is 37.3 Å². The lowest BCUT2D eigenvalue weighted by molar-refractivity contribution is -0.122. The van der Waals surface area contributed by atoms with Gasteiger partial charge in [-0.15, -0.1) is 10.2 Å². The summed E-state index contributed by atoms with van der Waals surface area (Å²) in [5.74, 6) is -0.934. The number of hydrogen-bond donors (Lipinski definition) is 2. The second-order valence-corrected chi connectivity index (χ2v) is 9.73. The van der Waals surface area contributed by atoms with Gasteiger partial charge in [0, 0.05) is 41.7 Å². The Morgan fingerprint density at radius 2 is 1.97 bits per heavy atom. The Kier molecular flexibility index (Phi) is 7.14. The number of carbonyl (C=O) groups is 3. The van der Waals surface area contributed by atoms with Crippen LogP contribution >= 0.6 is 27.3 Å². The first-order valence-corrected chi connectivity index (χ1v) is 12.0. The zero-order valence-electron chi connectivity index (χ0n) is 17.9. The van der Waals surface area contributed by atoms with Crippen LogP contribution in [0.1, 0.15) is 27.3 Å². The molecule has 1 aliphatic heterocycles. The molecule has 33 heavy (non-hydrogen) atoms. The van der Waals surface area contributed by atoms with Crippen molar-refractivity contribution in [3.8, 4) is 0 Å². The van der Waals surface area contributed by atoms with Gasteiger partial charge in [0.25, 0.3) is 5.91 Å². The molecule has 1 saturated heterocycles. The van der Waals surface area contributed by atoms with Crippen LogP contribution in [0.5, 0.6) is 0 Å². The van der Waals surface area contributed by atoms with Gasteiger partial charge in [-0.25, -0.2) is 0 Å². The smallest absolute Gasteiger partial charge is 0.251 e. The molecule has 3 aromatic rings. The number of aryl methyl sites for hydroxylation is 1. The minimum absolute atomic E-state index is 0.0712. The van der Waals surface area contributed by atoms with Gasteiger partial charge in [0.15, 0.2) is 0 Å². The molecule has 4 rings (SSSR count). The summed E-state index contributed by atoms with van der Waals surface area (Å²) in [6.45, 7) is 2.72. The Labute approximate surface area is 203 Å². The minimum Gasteiger partial charge on any atom is -0.352 e. The fraction of sp³-hybridized carbons (Fsp3) is 0.261. The molecule has 1 atom stereocenters. The Balaban J connectivity index is 1.27. The monoisotopic (exact) mass is 527 g/mol. The number of hydrogen-bond acceptors (Lipinski definition) is 6. The van der Waals surface area contributed by atoms with E-state index in [9.17, 15) is 14.4 Å². The summed E-state index contributed by atoms with van der Waals surface area (Å²) in [5.41, 5.74) is 2.48. The first-order valence-electron chi connectivity index (χ1n) is 10.4. The number of benzene rings is 2. The normalized spacial score (nSPS) is 15.5. The number of rotatable bonds is 7. The molecule has 1 fully saturated rings. The van der Waals surface area contributed by atoms with Gasteiger partial charge in [-0.2, -0.15) is 0 Å². The predicted octanol–water partition coefficient (Wildman–Crippen LogP) is 3.57. The maximum atomic E-state index is 12.7. The third-order valence-corrected chi connectivity index (χ3v) is 6.64. The summed E-state index contributed by atoms with van der Waals surface area (Å²) in [4.78, 5) is 38.9. The van der Waals surface area contributed by atoms with E-state index >= 15 is 0 Å². The zero-order valence-corrected chi connectivity index (χ0v) is 20.3. The van der Waals surface area contributed by atoms with Crippen LogP contribution in [0.15, 0.2) is 53.0 Å².